The molecule has 1 fully saturated rings. The minimum absolute atomic E-state index is 0.594. The summed E-state index contributed by atoms with van der Waals surface area (Å²) in [7, 11) is 2.23. The van der Waals surface area contributed by atoms with Gasteiger partial charge in [0, 0.05) is 19.3 Å². The standard InChI is InChI=1S/C16H24N2/c1-18(11-12-5-6-12)15-7-8-16-13(9-15)3-2-4-14(16)10-17/h7-9,12,14H,2-6,10-11,17H2,1H3/t14-/m0/s1. The van der Waals surface area contributed by atoms with Crippen LogP contribution >= 0.6 is 0 Å². The molecule has 18 heavy (non-hydrogen) atoms. The highest BCUT2D eigenvalue weighted by molar-refractivity contribution is 5.52. The van der Waals surface area contributed by atoms with Gasteiger partial charge in [0.25, 0.3) is 0 Å². The highest BCUT2D eigenvalue weighted by Crippen LogP contribution is 2.35. The van der Waals surface area contributed by atoms with E-state index in [-0.39, 0.29) is 0 Å². The number of nitrogens with two attached hydrogens (primary N) is 1. The van der Waals surface area contributed by atoms with Crippen LogP contribution in [0, 0.1) is 5.92 Å². The predicted octanol–water partition coefficient (Wildman–Crippen LogP) is 2.91. The Morgan fingerprint density at radius 2 is 2.11 bits per heavy atom. The van der Waals surface area contributed by atoms with Gasteiger partial charge >= 0.3 is 0 Å². The Kier molecular flexibility index (Phi) is 3.29. The molecule has 0 bridgehead atoms. The number of nitrogens with zero attached hydrogens (tertiary/aromatic N) is 1. The number of anilines is 1. The molecule has 3 rings (SSSR count). The lowest BCUT2D eigenvalue weighted by Gasteiger charge is -2.27. The molecule has 2 nitrogen and oxygen atoms in total. The molecule has 2 N–H and O–H groups in total. The van der Waals surface area contributed by atoms with Gasteiger partial charge in [-0.05, 0) is 73.7 Å². The number of rotatable bonds is 4. The molecule has 1 saturated carbocycles. The summed E-state index contributed by atoms with van der Waals surface area (Å²) in [6, 6.07) is 7.01. The van der Waals surface area contributed by atoms with Gasteiger partial charge in [-0.15, -0.1) is 0 Å². The summed E-state index contributed by atoms with van der Waals surface area (Å²) in [5, 5.41) is 0. The van der Waals surface area contributed by atoms with Crippen LogP contribution < -0.4 is 10.6 Å². The topological polar surface area (TPSA) is 29.3 Å². The third-order valence-corrected chi connectivity index (χ3v) is 4.52. The summed E-state index contributed by atoms with van der Waals surface area (Å²) < 4.78 is 0. The van der Waals surface area contributed by atoms with Gasteiger partial charge in [0.1, 0.15) is 0 Å². The summed E-state index contributed by atoms with van der Waals surface area (Å²) in [4.78, 5) is 2.42. The molecule has 2 aliphatic rings. The molecule has 0 aromatic heterocycles. The van der Waals surface area contributed by atoms with Gasteiger partial charge in [-0.1, -0.05) is 6.07 Å². The van der Waals surface area contributed by atoms with Crippen LogP contribution in [0.15, 0.2) is 18.2 Å². The molecule has 0 saturated heterocycles. The molecule has 0 spiro atoms. The van der Waals surface area contributed by atoms with E-state index in [2.05, 4.69) is 30.1 Å². The fourth-order valence-corrected chi connectivity index (χ4v) is 3.18. The van der Waals surface area contributed by atoms with E-state index < -0.39 is 0 Å². The molecular formula is C16H24N2. The van der Waals surface area contributed by atoms with Gasteiger partial charge < -0.3 is 10.6 Å². The summed E-state index contributed by atoms with van der Waals surface area (Å²) in [6.07, 6.45) is 6.64. The van der Waals surface area contributed by atoms with Gasteiger partial charge in [-0.2, -0.15) is 0 Å². The first-order chi connectivity index (χ1) is 8.78. The van der Waals surface area contributed by atoms with E-state index in [0.717, 1.165) is 12.5 Å². The predicted molar refractivity (Wildman–Crippen MR) is 77.2 cm³/mol. The van der Waals surface area contributed by atoms with Crippen molar-refractivity contribution in [1.82, 2.24) is 0 Å². The van der Waals surface area contributed by atoms with Crippen LogP contribution in [0.2, 0.25) is 0 Å². The fourth-order valence-electron chi connectivity index (χ4n) is 3.18. The van der Waals surface area contributed by atoms with Crippen LogP contribution in [0.1, 0.15) is 42.7 Å². The van der Waals surface area contributed by atoms with Crippen LogP contribution in [-0.4, -0.2) is 20.1 Å². The van der Waals surface area contributed by atoms with E-state index in [0.29, 0.717) is 5.92 Å². The quantitative estimate of drug-likeness (QED) is 0.882. The Morgan fingerprint density at radius 3 is 2.83 bits per heavy atom. The van der Waals surface area contributed by atoms with Crippen molar-refractivity contribution in [1.29, 1.82) is 0 Å². The molecular weight excluding hydrogens is 220 g/mol. The Hall–Kier alpha value is -1.02. The van der Waals surface area contributed by atoms with E-state index in [9.17, 15) is 0 Å². The molecule has 98 valence electrons. The molecule has 1 atom stereocenters. The molecule has 0 aliphatic heterocycles. The SMILES string of the molecule is CN(CC1CC1)c1ccc2c(c1)CCC[C@H]2CN. The summed E-state index contributed by atoms with van der Waals surface area (Å²) in [5.41, 5.74) is 10.3. The highest BCUT2D eigenvalue weighted by atomic mass is 15.1. The third kappa shape index (κ3) is 2.39. The van der Waals surface area contributed by atoms with Crippen LogP contribution in [0.25, 0.3) is 0 Å². The average Bonchev–Trinajstić information content (AvgIpc) is 3.21. The molecule has 2 aliphatic carbocycles. The minimum atomic E-state index is 0.594. The number of aryl methyl sites for hydroxylation is 1. The van der Waals surface area contributed by atoms with E-state index in [1.54, 1.807) is 0 Å². The van der Waals surface area contributed by atoms with Crippen LogP contribution in [0.4, 0.5) is 5.69 Å². The largest absolute Gasteiger partial charge is 0.374 e. The van der Waals surface area contributed by atoms with Crippen molar-refractivity contribution in [3.8, 4) is 0 Å². The monoisotopic (exact) mass is 244 g/mol. The van der Waals surface area contributed by atoms with Crippen molar-refractivity contribution >= 4 is 5.69 Å². The van der Waals surface area contributed by atoms with Crippen molar-refractivity contribution in [2.45, 2.75) is 38.0 Å². The first-order valence-corrected chi connectivity index (χ1v) is 7.32. The average molecular weight is 244 g/mol. The van der Waals surface area contributed by atoms with Crippen molar-refractivity contribution in [3.05, 3.63) is 29.3 Å². The molecule has 0 heterocycles. The first kappa shape index (κ1) is 12.0. The van der Waals surface area contributed by atoms with Gasteiger partial charge in [0.05, 0.1) is 0 Å². The number of hydrogen-bond acceptors (Lipinski definition) is 2. The second kappa shape index (κ2) is 4.93. The molecule has 0 amide bonds. The zero-order chi connectivity index (χ0) is 12.5. The molecule has 2 heteroatoms. The van der Waals surface area contributed by atoms with E-state index in [1.807, 2.05) is 0 Å². The van der Waals surface area contributed by atoms with Crippen LogP contribution in [0.5, 0.6) is 0 Å². The van der Waals surface area contributed by atoms with E-state index >= 15 is 0 Å². The molecule has 1 aromatic carbocycles. The second-order valence-corrected chi connectivity index (χ2v) is 6.03. The zero-order valence-electron chi connectivity index (χ0n) is 11.4. The lowest BCUT2D eigenvalue weighted by molar-refractivity contribution is 0.560. The Bertz CT molecular complexity index is 423. The Labute approximate surface area is 110 Å². The zero-order valence-corrected chi connectivity index (χ0v) is 11.4. The Morgan fingerprint density at radius 1 is 1.28 bits per heavy atom. The number of fused-ring (bicyclic) bond motifs is 1. The van der Waals surface area contributed by atoms with Crippen molar-refractivity contribution in [3.63, 3.8) is 0 Å². The number of benzene rings is 1. The maximum Gasteiger partial charge on any atom is 0.0366 e. The van der Waals surface area contributed by atoms with E-state index in [1.165, 1.54) is 55.5 Å². The number of hydrogen-bond donors (Lipinski definition) is 1. The summed E-state index contributed by atoms with van der Waals surface area (Å²) in [6.45, 7) is 2.02. The van der Waals surface area contributed by atoms with Gasteiger partial charge in [0.2, 0.25) is 0 Å². The normalized spacial score (nSPS) is 22.7. The lowest BCUT2D eigenvalue weighted by Crippen LogP contribution is -2.22. The van der Waals surface area contributed by atoms with Crippen LogP contribution in [-0.2, 0) is 6.42 Å². The smallest absolute Gasteiger partial charge is 0.0366 e. The Balaban J connectivity index is 1.80. The third-order valence-electron chi connectivity index (χ3n) is 4.52. The fraction of sp³-hybridized carbons (Fsp3) is 0.625. The van der Waals surface area contributed by atoms with Gasteiger partial charge in [-0.25, -0.2) is 0 Å². The van der Waals surface area contributed by atoms with Crippen molar-refractivity contribution in [2.24, 2.45) is 11.7 Å². The maximum absolute atomic E-state index is 5.88. The molecule has 0 unspecified atom stereocenters. The van der Waals surface area contributed by atoms with Gasteiger partial charge in [-0.3, -0.25) is 0 Å². The van der Waals surface area contributed by atoms with E-state index in [4.69, 9.17) is 5.73 Å². The summed E-state index contributed by atoms with van der Waals surface area (Å²) in [5.74, 6) is 1.54. The first-order valence-electron chi connectivity index (χ1n) is 7.32. The second-order valence-electron chi connectivity index (χ2n) is 6.03. The molecule has 0 radical (unpaired) electrons. The summed E-state index contributed by atoms with van der Waals surface area (Å²) >= 11 is 0. The molecule has 1 aromatic rings. The minimum Gasteiger partial charge on any atom is -0.374 e. The van der Waals surface area contributed by atoms with Crippen molar-refractivity contribution < 1.29 is 0 Å². The van der Waals surface area contributed by atoms with Crippen LogP contribution in [0.3, 0.4) is 0 Å². The maximum atomic E-state index is 5.88. The van der Waals surface area contributed by atoms with Gasteiger partial charge in [0.15, 0.2) is 0 Å². The highest BCUT2D eigenvalue weighted by Gasteiger charge is 2.24. The lowest BCUT2D eigenvalue weighted by atomic mass is 9.82. The van der Waals surface area contributed by atoms with Crippen molar-refractivity contribution in [2.75, 3.05) is 25.0 Å².